The van der Waals surface area contributed by atoms with Crippen LogP contribution in [0.2, 0.25) is 0 Å². The predicted octanol–water partition coefficient (Wildman–Crippen LogP) is 3.77. The van der Waals surface area contributed by atoms with Gasteiger partial charge in [0.05, 0.1) is 0 Å². The van der Waals surface area contributed by atoms with E-state index in [0.29, 0.717) is 5.56 Å². The van der Waals surface area contributed by atoms with Gasteiger partial charge < -0.3 is 10.2 Å². The largest absolute Gasteiger partial charge is 0.504 e. The Balaban J connectivity index is 1.98. The number of aromatic hydroxyl groups is 2. The summed E-state index contributed by atoms with van der Waals surface area (Å²) in [4.78, 5) is 2.45. The van der Waals surface area contributed by atoms with Crippen molar-refractivity contribution in [3.05, 3.63) is 46.8 Å². The quantitative estimate of drug-likeness (QED) is 0.830. The summed E-state index contributed by atoms with van der Waals surface area (Å²) in [7, 11) is 0. The molecule has 2 aromatic carbocycles. The van der Waals surface area contributed by atoms with Gasteiger partial charge in [-0.15, -0.1) is 0 Å². The van der Waals surface area contributed by atoms with Crippen LogP contribution in [0.15, 0.2) is 24.3 Å². The zero-order valence-electron chi connectivity index (χ0n) is 13.1. The molecule has 3 nitrogen and oxygen atoms in total. The summed E-state index contributed by atoms with van der Waals surface area (Å²) >= 11 is 0. The minimum Gasteiger partial charge on any atom is -0.504 e. The molecular weight excluding hydrogens is 293 g/mol. The Morgan fingerprint density at radius 2 is 2.04 bits per heavy atom. The molecule has 4 rings (SSSR count). The van der Waals surface area contributed by atoms with Gasteiger partial charge in [0, 0.05) is 18.2 Å². The molecule has 0 spiro atoms. The Labute approximate surface area is 135 Å². The highest BCUT2D eigenvalue weighted by Gasteiger charge is 2.35. The maximum absolute atomic E-state index is 14.1. The van der Waals surface area contributed by atoms with Gasteiger partial charge in [-0.25, -0.2) is 4.39 Å². The predicted molar refractivity (Wildman–Crippen MR) is 87.2 cm³/mol. The van der Waals surface area contributed by atoms with Crippen LogP contribution in [0.3, 0.4) is 0 Å². The van der Waals surface area contributed by atoms with Gasteiger partial charge in [0.1, 0.15) is 5.82 Å². The van der Waals surface area contributed by atoms with Crippen molar-refractivity contribution in [3.63, 3.8) is 0 Å². The van der Waals surface area contributed by atoms with E-state index in [1.54, 1.807) is 6.07 Å². The normalized spacial score (nSPS) is 19.3. The number of hydrogen-bond acceptors (Lipinski definition) is 3. The van der Waals surface area contributed by atoms with Crippen molar-refractivity contribution in [1.82, 2.24) is 4.90 Å². The number of nitrogens with zero attached hydrogens (tertiary/aromatic N) is 1. The summed E-state index contributed by atoms with van der Waals surface area (Å²) < 4.78 is 14.1. The van der Waals surface area contributed by atoms with E-state index in [2.05, 4.69) is 11.8 Å². The lowest BCUT2D eigenvalue weighted by atomic mass is 9.76. The fourth-order valence-corrected chi connectivity index (χ4v) is 4.17. The Kier molecular flexibility index (Phi) is 3.31. The minimum atomic E-state index is -0.281. The SMILES string of the molecule is CCCN1CCc2cc(F)cc3c2[C@H]1Cc1ccc(O)c(O)c1-3. The van der Waals surface area contributed by atoms with Crippen molar-refractivity contribution in [2.45, 2.75) is 32.2 Å². The molecule has 0 bridgehead atoms. The maximum Gasteiger partial charge on any atom is 0.165 e. The van der Waals surface area contributed by atoms with Gasteiger partial charge in [-0.2, -0.15) is 0 Å². The van der Waals surface area contributed by atoms with Crippen LogP contribution in [-0.4, -0.2) is 28.2 Å². The standard InChI is InChI=1S/C19H20FNO2/c1-2-6-21-7-5-12-8-13(20)10-14-17(12)15(21)9-11-3-4-16(22)19(23)18(11)14/h3-4,8,10,15,22-23H,2,5-7,9H2,1H3/t15-/m1/s1. The molecule has 0 saturated heterocycles. The number of fused-ring (bicyclic) bond motifs is 2. The van der Waals surface area contributed by atoms with E-state index in [4.69, 9.17) is 0 Å². The van der Waals surface area contributed by atoms with Crippen molar-refractivity contribution in [2.75, 3.05) is 13.1 Å². The number of benzene rings is 2. The van der Waals surface area contributed by atoms with Crippen LogP contribution < -0.4 is 0 Å². The lowest BCUT2D eigenvalue weighted by Gasteiger charge is -2.41. The summed E-state index contributed by atoms with van der Waals surface area (Å²) in [6.07, 6.45) is 2.69. The lowest BCUT2D eigenvalue weighted by Crippen LogP contribution is -2.39. The highest BCUT2D eigenvalue weighted by molar-refractivity contribution is 5.82. The highest BCUT2D eigenvalue weighted by Crippen LogP contribution is 2.50. The van der Waals surface area contributed by atoms with Gasteiger partial charge in [0.15, 0.2) is 11.5 Å². The number of hydrogen-bond donors (Lipinski definition) is 2. The second-order valence-corrected chi connectivity index (χ2v) is 6.50. The Hall–Kier alpha value is -2.07. The first-order valence-corrected chi connectivity index (χ1v) is 8.20. The third kappa shape index (κ3) is 2.12. The van der Waals surface area contributed by atoms with E-state index in [0.717, 1.165) is 54.6 Å². The lowest BCUT2D eigenvalue weighted by molar-refractivity contribution is 0.182. The first-order chi connectivity index (χ1) is 11.1. The van der Waals surface area contributed by atoms with Crippen LogP contribution in [0, 0.1) is 5.82 Å². The van der Waals surface area contributed by atoms with Crippen LogP contribution in [-0.2, 0) is 12.8 Å². The average molecular weight is 313 g/mol. The first kappa shape index (κ1) is 14.5. The summed E-state index contributed by atoms with van der Waals surface area (Å²) in [6.45, 7) is 4.12. The summed E-state index contributed by atoms with van der Waals surface area (Å²) in [6, 6.07) is 6.72. The molecule has 1 aliphatic heterocycles. The van der Waals surface area contributed by atoms with Crippen molar-refractivity contribution in [2.24, 2.45) is 0 Å². The molecule has 0 amide bonds. The zero-order valence-corrected chi connectivity index (χ0v) is 13.1. The molecule has 0 fully saturated rings. The molecule has 2 aliphatic rings. The van der Waals surface area contributed by atoms with E-state index < -0.39 is 0 Å². The molecule has 1 heterocycles. The maximum atomic E-state index is 14.1. The third-order valence-corrected chi connectivity index (χ3v) is 5.11. The number of halogens is 1. The summed E-state index contributed by atoms with van der Waals surface area (Å²) in [5.41, 5.74) is 4.46. The second kappa shape index (κ2) is 5.24. The molecule has 4 heteroatoms. The first-order valence-electron chi connectivity index (χ1n) is 8.20. The Morgan fingerprint density at radius 3 is 2.83 bits per heavy atom. The molecule has 0 unspecified atom stereocenters. The minimum absolute atomic E-state index is 0.138. The average Bonchev–Trinajstić information content (AvgIpc) is 2.53. The number of rotatable bonds is 2. The smallest absolute Gasteiger partial charge is 0.165 e. The topological polar surface area (TPSA) is 43.7 Å². The molecule has 0 aromatic heterocycles. The van der Waals surface area contributed by atoms with E-state index in [1.807, 2.05) is 6.07 Å². The number of phenols is 2. The van der Waals surface area contributed by atoms with E-state index in [9.17, 15) is 14.6 Å². The van der Waals surface area contributed by atoms with Crippen LogP contribution in [0.5, 0.6) is 11.5 Å². The molecule has 2 aromatic rings. The molecule has 1 atom stereocenters. The Bertz CT molecular complexity index is 787. The van der Waals surface area contributed by atoms with E-state index in [1.165, 1.54) is 12.1 Å². The van der Waals surface area contributed by atoms with Crippen LogP contribution in [0.1, 0.15) is 36.1 Å². The van der Waals surface area contributed by atoms with Crippen LogP contribution >= 0.6 is 0 Å². The fourth-order valence-electron chi connectivity index (χ4n) is 4.17. The fraction of sp³-hybridized carbons (Fsp3) is 0.368. The van der Waals surface area contributed by atoms with Gasteiger partial charge in [0.25, 0.3) is 0 Å². The van der Waals surface area contributed by atoms with Gasteiger partial charge in [-0.1, -0.05) is 13.0 Å². The molecule has 120 valence electrons. The van der Waals surface area contributed by atoms with Gasteiger partial charge in [0.2, 0.25) is 0 Å². The molecule has 2 N–H and O–H groups in total. The monoisotopic (exact) mass is 313 g/mol. The van der Waals surface area contributed by atoms with E-state index in [-0.39, 0.29) is 23.4 Å². The molecule has 1 aliphatic carbocycles. The molecule has 23 heavy (non-hydrogen) atoms. The number of phenolic OH excluding ortho intramolecular Hbond substituents is 2. The highest BCUT2D eigenvalue weighted by atomic mass is 19.1. The van der Waals surface area contributed by atoms with Crippen LogP contribution in [0.25, 0.3) is 11.1 Å². The zero-order chi connectivity index (χ0) is 16.1. The van der Waals surface area contributed by atoms with Crippen molar-refractivity contribution >= 4 is 0 Å². The third-order valence-electron chi connectivity index (χ3n) is 5.11. The Morgan fingerprint density at radius 1 is 1.22 bits per heavy atom. The van der Waals surface area contributed by atoms with Crippen molar-refractivity contribution < 1.29 is 14.6 Å². The van der Waals surface area contributed by atoms with Gasteiger partial charge in [-0.05, 0) is 66.3 Å². The van der Waals surface area contributed by atoms with Gasteiger partial charge >= 0.3 is 0 Å². The van der Waals surface area contributed by atoms with E-state index >= 15 is 0 Å². The molecule has 0 saturated carbocycles. The van der Waals surface area contributed by atoms with Crippen molar-refractivity contribution in [1.29, 1.82) is 0 Å². The summed E-state index contributed by atoms with van der Waals surface area (Å²) in [5, 5.41) is 20.2. The second-order valence-electron chi connectivity index (χ2n) is 6.50. The van der Waals surface area contributed by atoms with Gasteiger partial charge in [-0.3, -0.25) is 4.90 Å². The molecular formula is C19H20FNO2. The molecule has 0 radical (unpaired) electrons. The van der Waals surface area contributed by atoms with Crippen molar-refractivity contribution in [3.8, 4) is 22.6 Å². The summed E-state index contributed by atoms with van der Waals surface area (Å²) in [5.74, 6) is -0.570. The van der Waals surface area contributed by atoms with Crippen LogP contribution in [0.4, 0.5) is 4.39 Å².